The quantitative estimate of drug-likeness (QED) is 0.931. The van der Waals surface area contributed by atoms with E-state index in [1.807, 2.05) is 6.07 Å². The number of nitriles is 1. The Balaban J connectivity index is 2.38. The van der Waals surface area contributed by atoms with Crippen molar-refractivity contribution in [3.05, 3.63) is 46.8 Å². The maximum atomic E-state index is 12.4. The third-order valence-electron chi connectivity index (χ3n) is 3.44. The summed E-state index contributed by atoms with van der Waals surface area (Å²) < 4.78 is 1.54. The molecular weight excluding hydrogens is 294 g/mol. The molecular formula is C16H17N5O2. The van der Waals surface area contributed by atoms with Crippen LogP contribution in [0.15, 0.2) is 24.3 Å². The molecule has 0 atom stereocenters. The van der Waals surface area contributed by atoms with Crippen molar-refractivity contribution in [2.45, 2.75) is 6.92 Å². The minimum atomic E-state index is -0.397. The fourth-order valence-electron chi connectivity index (χ4n) is 2.03. The summed E-state index contributed by atoms with van der Waals surface area (Å²) in [5, 5.41) is 15.8. The fraction of sp³-hybridized carbons (Fsp3) is 0.250. The lowest BCUT2D eigenvalue weighted by atomic mass is 10.1. The van der Waals surface area contributed by atoms with Gasteiger partial charge in [0.05, 0.1) is 23.0 Å². The van der Waals surface area contributed by atoms with Gasteiger partial charge >= 0.3 is 0 Å². The molecule has 1 N–H and O–H groups in total. The Hall–Kier alpha value is -3.14. The molecule has 0 saturated carbocycles. The molecule has 7 heteroatoms. The van der Waals surface area contributed by atoms with E-state index in [-0.39, 0.29) is 11.6 Å². The van der Waals surface area contributed by atoms with E-state index in [1.54, 1.807) is 46.3 Å². The zero-order valence-electron chi connectivity index (χ0n) is 13.4. The average Bonchev–Trinajstić information content (AvgIpc) is 2.82. The van der Waals surface area contributed by atoms with E-state index in [4.69, 9.17) is 5.26 Å². The van der Waals surface area contributed by atoms with Crippen molar-refractivity contribution in [2.24, 2.45) is 7.05 Å². The molecule has 0 aliphatic carbocycles. The topological polar surface area (TPSA) is 91.0 Å². The summed E-state index contributed by atoms with van der Waals surface area (Å²) in [6, 6.07) is 8.34. The Labute approximate surface area is 134 Å². The summed E-state index contributed by atoms with van der Waals surface area (Å²) in [6.45, 7) is 1.76. The Kier molecular flexibility index (Phi) is 4.46. The summed E-state index contributed by atoms with van der Waals surface area (Å²) in [7, 11) is 4.94. The highest BCUT2D eigenvalue weighted by Crippen LogP contribution is 2.21. The predicted octanol–water partition coefficient (Wildman–Crippen LogP) is 1.55. The van der Waals surface area contributed by atoms with Crippen LogP contribution in [-0.4, -0.2) is 40.6 Å². The maximum absolute atomic E-state index is 12.4. The molecule has 2 aromatic rings. The van der Waals surface area contributed by atoms with E-state index in [1.165, 1.54) is 15.6 Å². The molecule has 1 aromatic heterocycles. The SMILES string of the molecule is Cc1c(NC(=O)c2cccc(C#N)c2)c(C(=O)N(C)C)nn1C. The van der Waals surface area contributed by atoms with Crippen LogP contribution in [0.1, 0.15) is 32.1 Å². The van der Waals surface area contributed by atoms with Gasteiger partial charge in [-0.1, -0.05) is 6.07 Å². The van der Waals surface area contributed by atoms with Crippen LogP contribution < -0.4 is 5.32 Å². The minimum absolute atomic E-state index is 0.180. The number of carbonyl (C=O) groups is 2. The second-order valence-corrected chi connectivity index (χ2v) is 5.28. The molecule has 2 amide bonds. The van der Waals surface area contributed by atoms with Crippen molar-refractivity contribution in [1.82, 2.24) is 14.7 Å². The van der Waals surface area contributed by atoms with E-state index in [0.717, 1.165) is 0 Å². The largest absolute Gasteiger partial charge is 0.343 e. The van der Waals surface area contributed by atoms with Crippen LogP contribution in [-0.2, 0) is 7.05 Å². The number of benzene rings is 1. The van der Waals surface area contributed by atoms with E-state index in [0.29, 0.717) is 22.5 Å². The lowest BCUT2D eigenvalue weighted by molar-refractivity contribution is 0.0822. The maximum Gasteiger partial charge on any atom is 0.276 e. The first-order valence-electron chi connectivity index (χ1n) is 6.92. The molecule has 0 saturated heterocycles. The van der Waals surface area contributed by atoms with Gasteiger partial charge in [0.15, 0.2) is 5.69 Å². The highest BCUT2D eigenvalue weighted by molar-refractivity contribution is 6.08. The van der Waals surface area contributed by atoms with Gasteiger partial charge < -0.3 is 10.2 Å². The van der Waals surface area contributed by atoms with E-state index in [9.17, 15) is 9.59 Å². The molecule has 0 aliphatic rings. The van der Waals surface area contributed by atoms with Crippen molar-refractivity contribution in [3.8, 4) is 6.07 Å². The van der Waals surface area contributed by atoms with Gasteiger partial charge in [-0.05, 0) is 25.1 Å². The van der Waals surface area contributed by atoms with Crippen LogP contribution in [0.25, 0.3) is 0 Å². The summed E-state index contributed by atoms with van der Waals surface area (Å²) in [6.07, 6.45) is 0. The highest BCUT2D eigenvalue weighted by atomic mass is 16.2. The number of anilines is 1. The molecule has 23 heavy (non-hydrogen) atoms. The molecule has 0 radical (unpaired) electrons. The van der Waals surface area contributed by atoms with Crippen LogP contribution in [0.2, 0.25) is 0 Å². The number of rotatable bonds is 3. The first kappa shape index (κ1) is 16.2. The van der Waals surface area contributed by atoms with Gasteiger partial charge in [0.25, 0.3) is 11.8 Å². The number of nitrogens with zero attached hydrogens (tertiary/aromatic N) is 4. The second kappa shape index (κ2) is 6.32. The fourth-order valence-corrected chi connectivity index (χ4v) is 2.03. The van der Waals surface area contributed by atoms with Gasteiger partial charge in [0.2, 0.25) is 0 Å². The first-order chi connectivity index (χ1) is 10.8. The van der Waals surface area contributed by atoms with Gasteiger partial charge in [0, 0.05) is 26.7 Å². The van der Waals surface area contributed by atoms with Gasteiger partial charge in [-0.2, -0.15) is 10.4 Å². The number of carbonyl (C=O) groups excluding carboxylic acids is 2. The van der Waals surface area contributed by atoms with Crippen LogP contribution in [0.4, 0.5) is 5.69 Å². The Bertz CT molecular complexity index is 814. The summed E-state index contributed by atoms with van der Waals surface area (Å²) in [5.74, 6) is -0.694. The molecule has 7 nitrogen and oxygen atoms in total. The molecule has 118 valence electrons. The van der Waals surface area contributed by atoms with Gasteiger partial charge in [-0.3, -0.25) is 14.3 Å². The zero-order chi connectivity index (χ0) is 17.1. The summed E-state index contributed by atoms with van der Waals surface area (Å²) >= 11 is 0. The summed E-state index contributed by atoms with van der Waals surface area (Å²) in [4.78, 5) is 26.0. The number of hydrogen-bond acceptors (Lipinski definition) is 4. The van der Waals surface area contributed by atoms with Crippen molar-refractivity contribution in [1.29, 1.82) is 5.26 Å². The molecule has 0 spiro atoms. The van der Waals surface area contributed by atoms with Crippen molar-refractivity contribution in [2.75, 3.05) is 19.4 Å². The lowest BCUT2D eigenvalue weighted by Crippen LogP contribution is -2.24. The summed E-state index contributed by atoms with van der Waals surface area (Å²) in [5.41, 5.74) is 1.96. The van der Waals surface area contributed by atoms with Crippen LogP contribution in [0.3, 0.4) is 0 Å². The lowest BCUT2D eigenvalue weighted by Gasteiger charge is -2.11. The first-order valence-corrected chi connectivity index (χ1v) is 6.92. The highest BCUT2D eigenvalue weighted by Gasteiger charge is 2.23. The number of aryl methyl sites for hydroxylation is 1. The Morgan fingerprint density at radius 2 is 2.04 bits per heavy atom. The van der Waals surface area contributed by atoms with E-state index < -0.39 is 5.91 Å². The van der Waals surface area contributed by atoms with Crippen molar-refractivity contribution < 1.29 is 9.59 Å². The van der Waals surface area contributed by atoms with Crippen molar-refractivity contribution in [3.63, 3.8) is 0 Å². The molecule has 1 heterocycles. The van der Waals surface area contributed by atoms with E-state index >= 15 is 0 Å². The standard InChI is InChI=1S/C16H17N5O2/c1-10-13(14(19-21(10)4)16(23)20(2)3)18-15(22)12-7-5-6-11(8-12)9-17/h5-8H,1-4H3,(H,18,22). The molecule has 0 unspecified atom stereocenters. The van der Waals surface area contributed by atoms with Crippen molar-refractivity contribution >= 4 is 17.5 Å². The van der Waals surface area contributed by atoms with Crippen LogP contribution in [0, 0.1) is 18.3 Å². The van der Waals surface area contributed by atoms with Gasteiger partial charge in [-0.15, -0.1) is 0 Å². The number of nitrogens with one attached hydrogen (secondary N) is 1. The van der Waals surface area contributed by atoms with E-state index in [2.05, 4.69) is 10.4 Å². The number of hydrogen-bond donors (Lipinski definition) is 1. The minimum Gasteiger partial charge on any atom is -0.343 e. The molecule has 0 fully saturated rings. The third-order valence-corrected chi connectivity index (χ3v) is 3.44. The molecule has 2 rings (SSSR count). The third kappa shape index (κ3) is 3.21. The smallest absolute Gasteiger partial charge is 0.276 e. The monoisotopic (exact) mass is 311 g/mol. The van der Waals surface area contributed by atoms with Gasteiger partial charge in [0.1, 0.15) is 0 Å². The van der Waals surface area contributed by atoms with Crippen LogP contribution >= 0.6 is 0 Å². The predicted molar refractivity (Wildman–Crippen MR) is 85.1 cm³/mol. The average molecular weight is 311 g/mol. The second-order valence-electron chi connectivity index (χ2n) is 5.28. The number of aromatic nitrogens is 2. The van der Waals surface area contributed by atoms with Gasteiger partial charge in [-0.25, -0.2) is 0 Å². The normalized spacial score (nSPS) is 10.0. The Morgan fingerprint density at radius 1 is 1.35 bits per heavy atom. The van der Waals surface area contributed by atoms with Crippen LogP contribution in [0.5, 0.6) is 0 Å². The Morgan fingerprint density at radius 3 is 2.65 bits per heavy atom. The molecule has 0 bridgehead atoms. The number of amides is 2. The molecule has 1 aromatic carbocycles. The molecule has 0 aliphatic heterocycles. The zero-order valence-corrected chi connectivity index (χ0v) is 13.4.